The zero-order chi connectivity index (χ0) is 40.5. The van der Waals surface area contributed by atoms with E-state index in [9.17, 15) is 33.6 Å². The minimum absolute atomic E-state index is 0. The molecule has 4 rings (SSSR count). The Morgan fingerprint density at radius 3 is 1.27 bits per heavy atom. The number of carboxylic acid groups (broad SMARTS) is 1. The Morgan fingerprint density at radius 1 is 0.661 bits per heavy atom. The van der Waals surface area contributed by atoms with E-state index in [2.05, 4.69) is 15.4 Å². The van der Waals surface area contributed by atoms with Gasteiger partial charge in [-0.3, -0.25) is 28.8 Å². The largest absolute Gasteiger partial charge is 1.00 e. The van der Waals surface area contributed by atoms with Crippen molar-refractivity contribution >= 4 is 41.3 Å². The first kappa shape index (κ1) is 59.9. The van der Waals surface area contributed by atoms with Crippen LogP contribution in [0.3, 0.4) is 0 Å². The normalized spacial score (nSPS) is 24.6. The Hall–Kier alpha value is -2.83. The number of aliphatic carboxylic acids is 1. The average molecular weight is 804 g/mol. The van der Waals surface area contributed by atoms with Gasteiger partial charge < -0.3 is 61.2 Å². The van der Waals surface area contributed by atoms with E-state index < -0.39 is 34.7 Å². The van der Waals surface area contributed by atoms with Crippen LogP contribution in [-0.4, -0.2) is 138 Å². The smallest absolute Gasteiger partial charge is 0.870 e. The molecule has 20 heteroatoms. The number of rotatable bonds is 9. The van der Waals surface area contributed by atoms with Crippen molar-refractivity contribution in [2.24, 2.45) is 5.73 Å². The van der Waals surface area contributed by atoms with Crippen LogP contribution in [0, 0.1) is 0 Å². The predicted molar refractivity (Wildman–Crippen MR) is 197 cm³/mol. The van der Waals surface area contributed by atoms with E-state index in [1.165, 1.54) is 34.6 Å². The number of aliphatic hydroxyl groups is 1. The predicted octanol–water partition coefficient (Wildman–Crippen LogP) is -2.47. The summed E-state index contributed by atoms with van der Waals surface area (Å²) in [6, 6.07) is 0. The van der Waals surface area contributed by atoms with Crippen molar-refractivity contribution in [3.05, 3.63) is 0 Å². The third-order valence-electron chi connectivity index (χ3n) is 8.82. The van der Waals surface area contributed by atoms with Crippen LogP contribution in [0.1, 0.15) is 112 Å². The number of nitrogens with two attached hydrogens (primary N) is 1. The van der Waals surface area contributed by atoms with Crippen LogP contribution in [0.15, 0.2) is 0 Å². The summed E-state index contributed by atoms with van der Waals surface area (Å²) in [6.45, 7) is 11.7. The first-order chi connectivity index (χ1) is 24.9. The summed E-state index contributed by atoms with van der Waals surface area (Å²) in [5, 5.41) is 22.6. The van der Waals surface area contributed by atoms with E-state index in [0.717, 1.165) is 64.4 Å². The average Bonchev–Trinajstić information content (AvgIpc) is 3.66. The molecule has 0 radical (unpaired) electrons. The van der Waals surface area contributed by atoms with E-state index in [4.69, 9.17) is 34.9 Å². The van der Waals surface area contributed by atoms with Gasteiger partial charge in [-0.15, -0.1) is 0 Å². The maximum absolute atomic E-state index is 11.5. The summed E-state index contributed by atoms with van der Waals surface area (Å²) in [5.41, 5.74) is 2.89. The van der Waals surface area contributed by atoms with Gasteiger partial charge in [0.1, 0.15) is 11.2 Å². The number of esters is 2. The van der Waals surface area contributed by atoms with Gasteiger partial charge in [-0.25, -0.2) is 4.79 Å². The van der Waals surface area contributed by atoms with E-state index >= 15 is 0 Å². The minimum Gasteiger partial charge on any atom is -0.870 e. The van der Waals surface area contributed by atoms with Crippen LogP contribution in [-0.2, 0) is 57.2 Å². The topological polar surface area (TPSA) is 318 Å². The number of Topliss-reactive ketones (excluding diaryl/α,β-unsaturated/α-hetero) is 2. The molecule has 19 nitrogen and oxygen atoms in total. The summed E-state index contributed by atoms with van der Waals surface area (Å²) in [6.07, 6.45) is 10.1. The summed E-state index contributed by atoms with van der Waals surface area (Å²) >= 11 is 0. The zero-order valence-corrected chi connectivity index (χ0v) is 34.3. The maximum atomic E-state index is 11.5. The Morgan fingerprint density at radius 2 is 1.05 bits per heavy atom. The van der Waals surface area contributed by atoms with Gasteiger partial charge in [0, 0.05) is 60.7 Å². The molecule has 0 aromatic carbocycles. The van der Waals surface area contributed by atoms with Crippen molar-refractivity contribution < 1.29 is 97.3 Å². The fourth-order valence-corrected chi connectivity index (χ4v) is 5.59. The second-order valence-electron chi connectivity index (χ2n) is 13.2. The van der Waals surface area contributed by atoms with Gasteiger partial charge in [0.15, 0.2) is 17.2 Å². The van der Waals surface area contributed by atoms with Crippen molar-refractivity contribution in [2.45, 2.75) is 135 Å². The summed E-state index contributed by atoms with van der Waals surface area (Å²) in [4.78, 5) is 74.7. The molecule has 0 saturated carbocycles. The van der Waals surface area contributed by atoms with Crippen molar-refractivity contribution in [1.82, 2.24) is 10.6 Å². The molecule has 4 atom stereocenters. The van der Waals surface area contributed by atoms with E-state index in [-0.39, 0.29) is 72.4 Å². The molecule has 4 fully saturated rings. The molecule has 0 bridgehead atoms. The number of aliphatic hydroxyl groups excluding tert-OH is 1. The molecule has 0 aliphatic carbocycles. The Bertz CT molecular complexity index is 1100. The Balaban J connectivity index is -0.000000306. The molecule has 4 heterocycles. The molecule has 4 unspecified atom stereocenters. The van der Waals surface area contributed by atoms with Gasteiger partial charge in [-0.1, -0.05) is 0 Å². The van der Waals surface area contributed by atoms with Crippen LogP contribution in [0.25, 0.3) is 0 Å². The number of amides is 2. The third kappa shape index (κ3) is 24.1. The number of carbonyl (C=O) groups excluding carboxylic acids is 6. The van der Waals surface area contributed by atoms with Crippen molar-refractivity contribution in [2.75, 3.05) is 52.7 Å². The Labute approximate surface area is 341 Å². The zero-order valence-electron chi connectivity index (χ0n) is 34.3. The molecule has 322 valence electrons. The number of hydrogen-bond acceptors (Lipinski definition) is 15. The van der Waals surface area contributed by atoms with Gasteiger partial charge >= 0.3 is 36.8 Å². The van der Waals surface area contributed by atoms with Crippen LogP contribution >= 0.6 is 0 Å². The van der Waals surface area contributed by atoms with Gasteiger partial charge in [0.05, 0.1) is 25.8 Å². The van der Waals surface area contributed by atoms with E-state index in [1.54, 1.807) is 6.92 Å². The van der Waals surface area contributed by atoms with Crippen molar-refractivity contribution in [3.8, 4) is 0 Å². The standard InChI is InChI=1S/C10H17NO3.C9H15NO4.C8H15NO2.C5H10O2.C4H6O3.Li.2H2O/c1-8(12)10(7-11-9(2)13)5-3-4-6-14-10;1-7(11)10-6-9(8(12)13)4-2-3-5-14-9;1-7(10)8(6-9)4-2-3-5-11-8;6-4-5-2-1-3-7-5;1-3(5)7-4(2)6;;;/h3-7H2,1-2H3,(H,11,13);2-6H2,1H3,(H,10,11)(H,12,13);2-6,9H2,1H3;5-6H,1-4H2;1-2H3;;2*1H2/q;;;;;+1;;/p-1. The fraction of sp³-hybridized carbons (Fsp3) is 0.806. The number of carbonyl (C=O) groups is 7. The molecule has 56 heavy (non-hydrogen) atoms. The molecule has 0 aromatic rings. The molecule has 0 aromatic heterocycles. The molecule has 2 amide bonds. The van der Waals surface area contributed by atoms with Crippen LogP contribution in [0.4, 0.5) is 0 Å². The second-order valence-corrected chi connectivity index (χ2v) is 13.2. The quantitative estimate of drug-likeness (QED) is 0.0916. The fourth-order valence-electron chi connectivity index (χ4n) is 5.59. The number of ketones is 2. The third-order valence-corrected chi connectivity index (χ3v) is 8.82. The molecule has 9 N–H and O–H groups in total. The van der Waals surface area contributed by atoms with E-state index in [1.807, 2.05) is 0 Å². The van der Waals surface area contributed by atoms with Gasteiger partial charge in [-0.05, 0) is 84.5 Å². The van der Waals surface area contributed by atoms with Crippen LogP contribution in [0.5, 0.6) is 0 Å². The molecule has 0 spiro atoms. The first-order valence-electron chi connectivity index (χ1n) is 18.2. The van der Waals surface area contributed by atoms with Crippen molar-refractivity contribution in [3.63, 3.8) is 0 Å². The van der Waals surface area contributed by atoms with Crippen molar-refractivity contribution in [1.29, 1.82) is 0 Å². The number of carboxylic acids is 1. The molecule has 4 aliphatic heterocycles. The SMILES string of the molecule is CC(=O)C1(CN)CCCCO1.CC(=O)NCC1(C(=O)O)CCCCO1.CC(=O)NCC1(C(C)=O)CCCCO1.CC(=O)OC(C)=O.O.OCC1CCCO1.[Li+].[OH-]. The minimum atomic E-state index is -1.20. The summed E-state index contributed by atoms with van der Waals surface area (Å²) in [5.74, 6) is -2.41. The van der Waals surface area contributed by atoms with Gasteiger partial charge in [0.2, 0.25) is 11.8 Å². The van der Waals surface area contributed by atoms with Gasteiger partial charge in [0.25, 0.3) is 0 Å². The Kier molecular flexibility index (Phi) is 34.4. The molecule has 4 saturated heterocycles. The molecular formula is C36H66LiN3O16. The van der Waals surface area contributed by atoms with Gasteiger partial charge in [-0.2, -0.15) is 0 Å². The molecule has 4 aliphatic rings. The number of hydrogen-bond donors (Lipinski definition) is 5. The number of nitrogens with one attached hydrogen (secondary N) is 2. The van der Waals surface area contributed by atoms with Crippen LogP contribution < -0.4 is 35.2 Å². The first-order valence-corrected chi connectivity index (χ1v) is 18.2. The number of ether oxygens (including phenoxy) is 5. The van der Waals surface area contributed by atoms with Crippen LogP contribution in [0.2, 0.25) is 0 Å². The second kappa shape index (κ2) is 32.2. The van der Waals surface area contributed by atoms with E-state index in [0.29, 0.717) is 45.8 Å². The molecular weight excluding hydrogens is 737 g/mol. The summed E-state index contributed by atoms with van der Waals surface area (Å²) in [7, 11) is 0. The maximum Gasteiger partial charge on any atom is 1.00 e. The summed E-state index contributed by atoms with van der Waals surface area (Å²) < 4.78 is 25.2. The monoisotopic (exact) mass is 803 g/mol.